The first kappa shape index (κ1) is 19.7. The molecule has 0 saturated carbocycles. The van der Waals surface area contributed by atoms with Crippen molar-refractivity contribution in [3.8, 4) is 11.5 Å². The second kappa shape index (κ2) is 9.15. The van der Waals surface area contributed by atoms with E-state index in [2.05, 4.69) is 5.32 Å². The minimum atomic E-state index is -1.02. The summed E-state index contributed by atoms with van der Waals surface area (Å²) in [5.74, 6) is -0.321. The van der Waals surface area contributed by atoms with Gasteiger partial charge in [-0.3, -0.25) is 9.59 Å². The van der Waals surface area contributed by atoms with Crippen LogP contribution in [-0.4, -0.2) is 37.5 Å². The monoisotopic (exact) mass is 375 g/mol. The first-order valence-corrected chi connectivity index (χ1v) is 9.10. The third-order valence-electron chi connectivity index (χ3n) is 3.85. The lowest BCUT2D eigenvalue weighted by atomic mass is 10.0. The van der Waals surface area contributed by atoms with Crippen molar-refractivity contribution in [2.75, 3.05) is 20.5 Å². The molecule has 26 heavy (non-hydrogen) atoms. The molecule has 1 unspecified atom stereocenters. The number of rotatable bonds is 8. The average molecular weight is 375 g/mol. The summed E-state index contributed by atoms with van der Waals surface area (Å²) in [6, 6.07) is 11.5. The van der Waals surface area contributed by atoms with Gasteiger partial charge in [-0.05, 0) is 30.5 Å². The fourth-order valence-corrected chi connectivity index (χ4v) is 3.18. The smallest absolute Gasteiger partial charge is 0.305 e. The van der Waals surface area contributed by atoms with Gasteiger partial charge in [0.1, 0.15) is 11.5 Å². The van der Waals surface area contributed by atoms with Crippen LogP contribution in [-0.2, 0) is 4.79 Å². The maximum Gasteiger partial charge on any atom is 0.305 e. The number of aliphatic carboxylic acids is 1. The topological polar surface area (TPSA) is 84.9 Å². The summed E-state index contributed by atoms with van der Waals surface area (Å²) >= 11 is 1.45. The number of carbonyl (C=O) groups excluding carboxylic acids is 1. The number of ether oxygens (including phenoxy) is 2. The van der Waals surface area contributed by atoms with E-state index in [0.717, 1.165) is 4.90 Å². The Bertz CT molecular complexity index is 793. The molecule has 0 bridgehead atoms. The third-order valence-corrected chi connectivity index (χ3v) is 4.65. The highest BCUT2D eigenvalue weighted by molar-refractivity contribution is 7.98. The van der Waals surface area contributed by atoms with Gasteiger partial charge in [0.05, 0.1) is 32.2 Å². The molecule has 7 heteroatoms. The van der Waals surface area contributed by atoms with Gasteiger partial charge in [0.25, 0.3) is 5.91 Å². The van der Waals surface area contributed by atoms with Gasteiger partial charge >= 0.3 is 5.97 Å². The third kappa shape index (κ3) is 4.70. The number of benzene rings is 2. The SMILES string of the molecule is COc1ccc(C(CC(=O)O)NC(=O)c2ccccc2SC)c(OC)c1. The summed E-state index contributed by atoms with van der Waals surface area (Å²) in [4.78, 5) is 24.9. The molecule has 2 rings (SSSR count). The predicted octanol–water partition coefficient (Wildman–Crippen LogP) is 3.37. The Hall–Kier alpha value is -2.67. The second-order valence-corrected chi connectivity index (χ2v) is 6.28. The highest BCUT2D eigenvalue weighted by Crippen LogP contribution is 2.31. The highest BCUT2D eigenvalue weighted by atomic mass is 32.2. The molecule has 0 aliphatic rings. The van der Waals surface area contributed by atoms with Crippen LogP contribution in [0.2, 0.25) is 0 Å². The molecule has 0 aromatic heterocycles. The minimum absolute atomic E-state index is 0.268. The van der Waals surface area contributed by atoms with Gasteiger partial charge in [-0.25, -0.2) is 0 Å². The predicted molar refractivity (Wildman–Crippen MR) is 100 cm³/mol. The zero-order chi connectivity index (χ0) is 19.1. The summed E-state index contributed by atoms with van der Waals surface area (Å²) in [6.45, 7) is 0. The van der Waals surface area contributed by atoms with Gasteiger partial charge in [0.2, 0.25) is 0 Å². The van der Waals surface area contributed by atoms with Crippen LogP contribution in [0, 0.1) is 0 Å². The van der Waals surface area contributed by atoms with Crippen molar-refractivity contribution in [2.45, 2.75) is 17.4 Å². The summed E-state index contributed by atoms with van der Waals surface area (Å²) in [5, 5.41) is 12.1. The van der Waals surface area contributed by atoms with Crippen molar-refractivity contribution < 1.29 is 24.2 Å². The molecule has 1 atom stereocenters. The normalized spacial score (nSPS) is 11.5. The lowest BCUT2D eigenvalue weighted by Gasteiger charge is -2.21. The van der Waals surface area contributed by atoms with Crippen molar-refractivity contribution in [3.63, 3.8) is 0 Å². The number of hydrogen-bond acceptors (Lipinski definition) is 5. The number of thioether (sulfide) groups is 1. The van der Waals surface area contributed by atoms with E-state index in [-0.39, 0.29) is 12.3 Å². The van der Waals surface area contributed by atoms with E-state index in [1.54, 1.807) is 30.3 Å². The van der Waals surface area contributed by atoms with Crippen molar-refractivity contribution >= 4 is 23.6 Å². The van der Waals surface area contributed by atoms with E-state index in [9.17, 15) is 14.7 Å². The first-order valence-electron chi connectivity index (χ1n) is 7.87. The molecule has 0 saturated heterocycles. The van der Waals surface area contributed by atoms with Crippen LogP contribution in [0.25, 0.3) is 0 Å². The summed E-state index contributed by atoms with van der Waals surface area (Å²) in [6.07, 6.45) is 1.61. The number of carboxylic acid groups (broad SMARTS) is 1. The van der Waals surface area contributed by atoms with Crippen LogP contribution in [0.5, 0.6) is 11.5 Å². The Labute approximate surface area is 156 Å². The van der Waals surface area contributed by atoms with E-state index in [1.165, 1.54) is 26.0 Å². The molecule has 0 heterocycles. The number of carbonyl (C=O) groups is 2. The Morgan fingerprint density at radius 3 is 2.50 bits per heavy atom. The molecule has 0 radical (unpaired) electrons. The molecule has 2 aromatic rings. The maximum atomic E-state index is 12.7. The van der Waals surface area contributed by atoms with Crippen LogP contribution >= 0.6 is 11.8 Å². The number of amides is 1. The molecule has 0 spiro atoms. The quantitative estimate of drug-likeness (QED) is 0.688. The summed E-state index contributed by atoms with van der Waals surface area (Å²) in [7, 11) is 3.02. The van der Waals surface area contributed by atoms with Crippen molar-refractivity contribution in [1.29, 1.82) is 0 Å². The molecular weight excluding hydrogens is 354 g/mol. The van der Waals surface area contributed by atoms with E-state index >= 15 is 0 Å². The second-order valence-electron chi connectivity index (χ2n) is 5.43. The first-order chi connectivity index (χ1) is 12.5. The fraction of sp³-hybridized carbons (Fsp3) is 0.263. The van der Waals surface area contributed by atoms with Gasteiger partial charge < -0.3 is 19.9 Å². The highest BCUT2D eigenvalue weighted by Gasteiger charge is 2.23. The molecule has 0 aliphatic carbocycles. The maximum absolute atomic E-state index is 12.7. The van der Waals surface area contributed by atoms with Crippen molar-refractivity contribution in [1.82, 2.24) is 5.32 Å². The van der Waals surface area contributed by atoms with E-state index in [0.29, 0.717) is 22.6 Å². The standard InChI is InChI=1S/C19H21NO5S/c1-24-12-8-9-13(16(10-12)25-2)15(11-18(21)22)20-19(23)14-6-4-5-7-17(14)26-3/h4-10,15H,11H2,1-3H3,(H,20,23)(H,21,22). The van der Waals surface area contributed by atoms with Crippen molar-refractivity contribution in [3.05, 3.63) is 53.6 Å². The van der Waals surface area contributed by atoms with Gasteiger partial charge in [-0.15, -0.1) is 11.8 Å². The number of hydrogen-bond donors (Lipinski definition) is 2. The summed E-state index contributed by atoms with van der Waals surface area (Å²) in [5.41, 5.74) is 1.08. The van der Waals surface area contributed by atoms with E-state index in [1.807, 2.05) is 18.4 Å². The van der Waals surface area contributed by atoms with Crippen LogP contribution < -0.4 is 14.8 Å². The molecule has 138 valence electrons. The zero-order valence-corrected chi connectivity index (χ0v) is 15.6. The molecular formula is C19H21NO5S. The molecule has 1 amide bonds. The molecule has 2 aromatic carbocycles. The lowest BCUT2D eigenvalue weighted by Crippen LogP contribution is -2.30. The van der Waals surface area contributed by atoms with Crippen molar-refractivity contribution in [2.24, 2.45) is 0 Å². The van der Waals surface area contributed by atoms with E-state index < -0.39 is 12.0 Å². The average Bonchev–Trinajstić information content (AvgIpc) is 2.66. The number of nitrogens with one attached hydrogen (secondary N) is 1. The molecule has 0 aliphatic heterocycles. The Balaban J connectivity index is 2.36. The fourth-order valence-electron chi connectivity index (χ4n) is 2.59. The Morgan fingerprint density at radius 1 is 1.15 bits per heavy atom. The minimum Gasteiger partial charge on any atom is -0.497 e. The van der Waals surface area contributed by atoms with Crippen LogP contribution in [0.1, 0.15) is 28.4 Å². The Morgan fingerprint density at radius 2 is 1.88 bits per heavy atom. The van der Waals surface area contributed by atoms with E-state index in [4.69, 9.17) is 9.47 Å². The van der Waals surface area contributed by atoms with Gasteiger partial charge in [0.15, 0.2) is 0 Å². The summed E-state index contributed by atoms with van der Waals surface area (Å²) < 4.78 is 10.5. The molecule has 0 fully saturated rings. The van der Waals surface area contributed by atoms with Gasteiger partial charge in [0, 0.05) is 16.5 Å². The van der Waals surface area contributed by atoms with Crippen LogP contribution in [0.15, 0.2) is 47.4 Å². The van der Waals surface area contributed by atoms with Crippen LogP contribution in [0.4, 0.5) is 0 Å². The zero-order valence-electron chi connectivity index (χ0n) is 14.8. The van der Waals surface area contributed by atoms with Gasteiger partial charge in [-0.1, -0.05) is 12.1 Å². The van der Waals surface area contributed by atoms with Crippen LogP contribution in [0.3, 0.4) is 0 Å². The van der Waals surface area contributed by atoms with Gasteiger partial charge in [-0.2, -0.15) is 0 Å². The Kier molecular flexibility index (Phi) is 6.91. The lowest BCUT2D eigenvalue weighted by molar-refractivity contribution is -0.137. The molecule has 2 N–H and O–H groups in total. The largest absolute Gasteiger partial charge is 0.497 e. The number of carboxylic acids is 1. The number of methoxy groups -OCH3 is 2. The molecule has 6 nitrogen and oxygen atoms in total.